The van der Waals surface area contributed by atoms with Crippen molar-refractivity contribution in [2.45, 2.75) is 45.4 Å². The summed E-state index contributed by atoms with van der Waals surface area (Å²) in [6, 6.07) is 94.6. The third-order valence-electron chi connectivity index (χ3n) is 18.5. The van der Waals surface area contributed by atoms with Gasteiger partial charge in [0, 0.05) is 10.8 Å². The highest BCUT2D eigenvalue weighted by molar-refractivity contribution is 6.30. The number of hydrogen-bond donors (Lipinski definition) is 0. The van der Waals surface area contributed by atoms with Crippen molar-refractivity contribution in [3.63, 3.8) is 0 Å². The molecule has 0 fully saturated rings. The molecule has 79 heavy (non-hydrogen) atoms. The molecular formula is C79H56. The Morgan fingerprint density at radius 1 is 0.203 bits per heavy atom. The molecule has 0 saturated carbocycles. The smallest absolute Gasteiger partial charge is 0.0159 e. The normalized spacial score (nSPS) is 13.8. The van der Waals surface area contributed by atoms with Crippen LogP contribution in [-0.2, 0) is 10.8 Å². The van der Waals surface area contributed by atoms with Crippen LogP contribution in [0.5, 0.6) is 0 Å². The molecule has 2 aliphatic carbocycles. The van der Waals surface area contributed by atoms with Crippen LogP contribution in [-0.4, -0.2) is 0 Å². The van der Waals surface area contributed by atoms with E-state index in [-0.39, 0.29) is 10.8 Å². The Balaban J connectivity index is 0.864. The molecular weight excluding hydrogens is 949 g/mol. The monoisotopic (exact) mass is 1000 g/mol. The van der Waals surface area contributed by atoms with Gasteiger partial charge in [0.15, 0.2) is 0 Å². The third kappa shape index (κ3) is 6.49. The molecule has 0 nitrogen and oxygen atoms in total. The van der Waals surface area contributed by atoms with Gasteiger partial charge in [0.05, 0.1) is 0 Å². The van der Waals surface area contributed by atoms with Gasteiger partial charge >= 0.3 is 0 Å². The van der Waals surface area contributed by atoms with Crippen LogP contribution in [0, 0.1) is 6.92 Å². The Bertz CT molecular complexity index is 4770. The molecule has 0 spiro atoms. The van der Waals surface area contributed by atoms with E-state index in [0.717, 1.165) is 0 Å². The highest BCUT2D eigenvalue weighted by atomic mass is 14.4. The summed E-state index contributed by atoms with van der Waals surface area (Å²) in [5.41, 5.74) is 24.5. The van der Waals surface area contributed by atoms with E-state index in [0.29, 0.717) is 0 Å². The number of rotatable bonds is 5. The van der Waals surface area contributed by atoms with Crippen LogP contribution < -0.4 is 0 Å². The molecule has 16 rings (SSSR count). The summed E-state index contributed by atoms with van der Waals surface area (Å²) in [7, 11) is 0. The quantitative estimate of drug-likeness (QED) is 0.151. The van der Waals surface area contributed by atoms with E-state index in [2.05, 4.69) is 283 Å². The summed E-state index contributed by atoms with van der Waals surface area (Å²) in [4.78, 5) is 0. The second kappa shape index (κ2) is 16.8. The Labute approximate surface area is 461 Å². The lowest BCUT2D eigenvalue weighted by Gasteiger charge is -2.25. The van der Waals surface area contributed by atoms with Gasteiger partial charge in [0.1, 0.15) is 0 Å². The molecule has 0 heteroatoms. The van der Waals surface area contributed by atoms with Crippen molar-refractivity contribution in [3.05, 3.63) is 277 Å². The molecule has 0 saturated heterocycles. The van der Waals surface area contributed by atoms with E-state index in [1.54, 1.807) is 0 Å². The number of hydrogen-bond acceptors (Lipinski definition) is 0. The van der Waals surface area contributed by atoms with Crippen LogP contribution in [0.25, 0.3) is 143 Å². The van der Waals surface area contributed by atoms with Crippen molar-refractivity contribution in [3.8, 4) is 77.9 Å². The van der Waals surface area contributed by atoms with Crippen LogP contribution in [0.3, 0.4) is 0 Å². The first-order valence-corrected chi connectivity index (χ1v) is 28.1. The lowest BCUT2D eigenvalue weighted by atomic mass is 9.78. The zero-order chi connectivity index (χ0) is 52.9. The standard InChI is InChI=1S/C79H56/c1-47-34-36-48(37-35-47)72-56-21-6-8-23-58(56)73(59-24-9-7-22-57(59)72)50-39-42-54-55-43-40-51(46-71(55)79(4,5)70(54)45-50)75-62-27-12-16-31-66(62)77(67-32-17-13-28-63(67)75)76-64-29-14-10-25-60(64)74(61-26-11-15-30-65(61)76)49-38-41-53-52-20-18-19-33-68(52)78(2,3)69(53)44-49/h6-46H,1-5H3. The van der Waals surface area contributed by atoms with Crippen LogP contribution in [0.2, 0.25) is 0 Å². The van der Waals surface area contributed by atoms with Gasteiger partial charge in [-0.15, -0.1) is 0 Å². The topological polar surface area (TPSA) is 0 Å². The molecule has 2 aliphatic rings. The van der Waals surface area contributed by atoms with Gasteiger partial charge in [-0.05, 0) is 190 Å². The van der Waals surface area contributed by atoms with Gasteiger partial charge in [-0.25, -0.2) is 0 Å². The van der Waals surface area contributed by atoms with E-state index in [4.69, 9.17) is 0 Å². The van der Waals surface area contributed by atoms with Crippen molar-refractivity contribution >= 4 is 64.6 Å². The fraction of sp³-hybridized carbons (Fsp3) is 0.0886. The first-order valence-electron chi connectivity index (χ1n) is 28.1. The maximum absolute atomic E-state index is 2.53. The van der Waals surface area contributed by atoms with Gasteiger partial charge in [0.2, 0.25) is 0 Å². The average Bonchev–Trinajstić information content (AvgIpc) is 3.97. The Kier molecular flexibility index (Phi) is 9.75. The van der Waals surface area contributed by atoms with E-state index < -0.39 is 0 Å². The molecule has 372 valence electrons. The highest BCUT2D eigenvalue weighted by Gasteiger charge is 2.38. The molecule has 0 bridgehead atoms. The maximum atomic E-state index is 2.53. The Hall–Kier alpha value is -9.36. The Morgan fingerprint density at radius 2 is 0.430 bits per heavy atom. The summed E-state index contributed by atoms with van der Waals surface area (Å²) in [5.74, 6) is 0. The molecule has 14 aromatic carbocycles. The predicted molar refractivity (Wildman–Crippen MR) is 339 cm³/mol. The van der Waals surface area contributed by atoms with E-state index >= 15 is 0 Å². The van der Waals surface area contributed by atoms with Gasteiger partial charge in [0.25, 0.3) is 0 Å². The van der Waals surface area contributed by atoms with Gasteiger partial charge in [-0.3, -0.25) is 0 Å². The van der Waals surface area contributed by atoms with Crippen LogP contribution >= 0.6 is 0 Å². The molecule has 0 amide bonds. The number of aryl methyl sites for hydroxylation is 1. The molecule has 0 aliphatic heterocycles. The number of fused-ring (bicyclic) bond motifs is 12. The zero-order valence-corrected chi connectivity index (χ0v) is 45.2. The first kappa shape index (κ1) is 45.8. The minimum Gasteiger partial charge on any atom is -0.0619 e. The molecule has 0 unspecified atom stereocenters. The van der Waals surface area contributed by atoms with Crippen molar-refractivity contribution in [1.29, 1.82) is 0 Å². The highest BCUT2D eigenvalue weighted by Crippen LogP contribution is 2.56. The molecule has 0 N–H and O–H groups in total. The largest absolute Gasteiger partial charge is 0.0619 e. The number of benzene rings is 14. The third-order valence-corrected chi connectivity index (χ3v) is 18.5. The summed E-state index contributed by atoms with van der Waals surface area (Å²) in [6.45, 7) is 11.8. The minimum absolute atomic E-state index is 0.101. The molecule has 14 aromatic rings. The van der Waals surface area contributed by atoms with Crippen LogP contribution in [0.4, 0.5) is 0 Å². The predicted octanol–water partition coefficient (Wildman–Crippen LogP) is 21.9. The molecule has 0 heterocycles. The summed E-state index contributed by atoms with van der Waals surface area (Å²) < 4.78 is 0. The molecule has 0 atom stereocenters. The zero-order valence-electron chi connectivity index (χ0n) is 45.2. The maximum Gasteiger partial charge on any atom is 0.0159 e. The lowest BCUT2D eigenvalue weighted by molar-refractivity contribution is 0.660. The minimum atomic E-state index is -0.256. The van der Waals surface area contributed by atoms with Gasteiger partial charge in [-0.2, -0.15) is 0 Å². The van der Waals surface area contributed by atoms with Crippen LogP contribution in [0.1, 0.15) is 55.5 Å². The fourth-order valence-corrected chi connectivity index (χ4v) is 14.8. The second-order valence-electron chi connectivity index (χ2n) is 23.5. The van der Waals surface area contributed by atoms with E-state index in [9.17, 15) is 0 Å². The summed E-state index contributed by atoms with van der Waals surface area (Å²) >= 11 is 0. The SMILES string of the molecule is Cc1ccc(-c2c3ccccc3c(-c3ccc4c(c3)C(C)(C)c3cc(-c5c6ccccc6c(-c6c7ccccc7c(-c7ccc8c(c7)C(C)(C)c7ccccc7-8)c7ccccc67)c6ccccc56)ccc3-4)c3ccccc23)cc1. The first-order chi connectivity index (χ1) is 38.6. The molecule has 0 aromatic heterocycles. The fourth-order valence-electron chi connectivity index (χ4n) is 14.8. The van der Waals surface area contributed by atoms with Crippen molar-refractivity contribution in [2.24, 2.45) is 0 Å². The Morgan fingerprint density at radius 3 is 0.747 bits per heavy atom. The van der Waals surface area contributed by atoms with Crippen molar-refractivity contribution in [2.75, 3.05) is 0 Å². The second-order valence-corrected chi connectivity index (χ2v) is 23.5. The van der Waals surface area contributed by atoms with Crippen LogP contribution in [0.15, 0.2) is 249 Å². The van der Waals surface area contributed by atoms with E-state index in [1.807, 2.05) is 0 Å². The summed E-state index contributed by atoms with van der Waals surface area (Å²) in [6.07, 6.45) is 0. The van der Waals surface area contributed by atoms with Gasteiger partial charge in [-0.1, -0.05) is 264 Å². The summed E-state index contributed by atoms with van der Waals surface area (Å²) in [5, 5.41) is 15.2. The lowest BCUT2D eigenvalue weighted by Crippen LogP contribution is -2.15. The van der Waals surface area contributed by atoms with E-state index in [1.165, 1.54) is 170 Å². The molecule has 0 radical (unpaired) electrons. The van der Waals surface area contributed by atoms with Crippen molar-refractivity contribution in [1.82, 2.24) is 0 Å². The van der Waals surface area contributed by atoms with Crippen molar-refractivity contribution < 1.29 is 0 Å². The van der Waals surface area contributed by atoms with Gasteiger partial charge < -0.3 is 0 Å². The average molecular weight is 1010 g/mol.